The first-order valence-electron chi connectivity index (χ1n) is 4.32. The van der Waals surface area contributed by atoms with Gasteiger partial charge in [-0.2, -0.15) is 0 Å². The van der Waals surface area contributed by atoms with Crippen molar-refractivity contribution >= 4 is 22.5 Å². The molecule has 0 radical (unpaired) electrons. The third kappa shape index (κ3) is 6.87. The second kappa shape index (κ2) is 6.47. The summed E-state index contributed by atoms with van der Waals surface area (Å²) in [5, 5.41) is 0. The zero-order chi connectivity index (χ0) is 7.98. The van der Waals surface area contributed by atoms with Crippen molar-refractivity contribution in [1.82, 2.24) is 0 Å². The number of hydrogen-bond acceptors (Lipinski definition) is 1. The van der Waals surface area contributed by atoms with E-state index in [-0.39, 0.29) is 0 Å². The van der Waals surface area contributed by atoms with Gasteiger partial charge in [-0.05, 0) is 0 Å². The molecule has 10 heavy (non-hydrogen) atoms. The minimum atomic E-state index is 0.434. The quantitative estimate of drug-likeness (QED) is 0.669. The van der Waals surface area contributed by atoms with Crippen molar-refractivity contribution in [2.75, 3.05) is 0 Å². The predicted octanol–water partition coefficient (Wildman–Crippen LogP) is 1.29. The third-order valence-electron chi connectivity index (χ3n) is 1.47. The summed E-state index contributed by atoms with van der Waals surface area (Å²) in [6.45, 7) is 6.47. The molecular weight excluding hydrogens is 231 g/mol. The van der Waals surface area contributed by atoms with Crippen LogP contribution in [0.3, 0.4) is 0 Å². The molecule has 0 aromatic carbocycles. The van der Waals surface area contributed by atoms with Gasteiger partial charge in [-0.3, -0.25) is 0 Å². The molecular formula is C8H20OSn. The fraction of sp³-hybridized carbons (Fsp3) is 1.00. The average molecular weight is 251 g/mol. The fourth-order valence-electron chi connectivity index (χ4n) is 1.02. The maximum absolute atomic E-state index is 5.65. The maximum atomic E-state index is 5.65. The van der Waals surface area contributed by atoms with Crippen LogP contribution in [0.4, 0.5) is 0 Å². The Labute approximate surface area is 77.6 Å². The molecule has 1 atom stereocenters. The monoisotopic (exact) mass is 252 g/mol. The van der Waals surface area contributed by atoms with E-state index in [1.54, 1.807) is 0 Å². The average Bonchev–Trinajstić information content (AvgIpc) is 1.82. The SMILES string of the molecule is CCCC[CH]([SnH3])OC(C)C. The molecule has 0 fully saturated rings. The number of rotatable bonds is 5. The van der Waals surface area contributed by atoms with Crippen LogP contribution in [-0.2, 0) is 4.74 Å². The Morgan fingerprint density at radius 2 is 2.00 bits per heavy atom. The van der Waals surface area contributed by atoms with Crippen LogP contribution in [0.25, 0.3) is 0 Å². The van der Waals surface area contributed by atoms with Gasteiger partial charge in [-0.25, -0.2) is 0 Å². The molecule has 0 bridgehead atoms. The summed E-state index contributed by atoms with van der Waals surface area (Å²) in [7, 11) is 0. The molecule has 1 unspecified atom stereocenters. The molecule has 0 spiro atoms. The fourth-order valence-corrected chi connectivity index (χ4v) is 3.74. The first kappa shape index (κ1) is 10.8. The van der Waals surface area contributed by atoms with Crippen LogP contribution in [0.15, 0.2) is 0 Å². The van der Waals surface area contributed by atoms with Gasteiger partial charge >= 0.3 is 77.5 Å². The zero-order valence-corrected chi connectivity index (χ0v) is 13.4. The van der Waals surface area contributed by atoms with Crippen molar-refractivity contribution in [1.29, 1.82) is 0 Å². The van der Waals surface area contributed by atoms with Gasteiger partial charge in [-0.1, -0.05) is 0 Å². The normalized spacial score (nSPS) is 14.4. The van der Waals surface area contributed by atoms with Crippen molar-refractivity contribution in [2.24, 2.45) is 0 Å². The summed E-state index contributed by atoms with van der Waals surface area (Å²) in [6.07, 6.45) is 4.37. The number of hydrogen-bond donors (Lipinski definition) is 0. The summed E-state index contributed by atoms with van der Waals surface area (Å²) in [5.41, 5.74) is 0. The second-order valence-corrected chi connectivity index (χ2v) is 6.81. The van der Waals surface area contributed by atoms with E-state index >= 15 is 0 Å². The molecule has 0 aliphatic heterocycles. The van der Waals surface area contributed by atoms with Gasteiger partial charge in [0.2, 0.25) is 0 Å². The molecule has 0 heterocycles. The van der Waals surface area contributed by atoms with E-state index in [1.165, 1.54) is 19.3 Å². The summed E-state index contributed by atoms with van der Waals surface area (Å²) < 4.78 is 6.30. The molecule has 1 nitrogen and oxygen atoms in total. The van der Waals surface area contributed by atoms with Gasteiger partial charge in [0, 0.05) is 0 Å². The molecule has 0 N–H and O–H groups in total. The summed E-state index contributed by atoms with van der Waals surface area (Å²) in [6, 6.07) is 0. The molecule has 0 aromatic rings. The van der Waals surface area contributed by atoms with Crippen molar-refractivity contribution in [3.05, 3.63) is 0 Å². The van der Waals surface area contributed by atoms with E-state index in [0.29, 0.717) is 32.7 Å². The van der Waals surface area contributed by atoms with E-state index < -0.39 is 0 Å². The van der Waals surface area contributed by atoms with Gasteiger partial charge in [0.05, 0.1) is 0 Å². The predicted molar refractivity (Wildman–Crippen MR) is 49.5 cm³/mol. The van der Waals surface area contributed by atoms with Crippen molar-refractivity contribution in [2.45, 2.75) is 50.3 Å². The Morgan fingerprint density at radius 1 is 1.40 bits per heavy atom. The molecule has 0 aliphatic rings. The van der Waals surface area contributed by atoms with E-state index in [9.17, 15) is 0 Å². The zero-order valence-electron chi connectivity index (χ0n) is 7.68. The van der Waals surface area contributed by atoms with Crippen molar-refractivity contribution in [3.63, 3.8) is 0 Å². The van der Waals surface area contributed by atoms with Gasteiger partial charge in [-0.15, -0.1) is 0 Å². The van der Waals surface area contributed by atoms with Gasteiger partial charge in [0.25, 0.3) is 0 Å². The second-order valence-electron chi connectivity index (χ2n) is 3.14. The van der Waals surface area contributed by atoms with Crippen molar-refractivity contribution < 1.29 is 4.74 Å². The molecule has 0 rings (SSSR count). The summed E-state index contributed by atoms with van der Waals surface area (Å²) >= 11 is 0.683. The Bertz CT molecular complexity index is 73.7. The molecule has 0 amide bonds. The van der Waals surface area contributed by atoms with Gasteiger partial charge < -0.3 is 0 Å². The molecule has 0 saturated carbocycles. The topological polar surface area (TPSA) is 9.23 Å². The first-order valence-corrected chi connectivity index (χ1v) is 7.61. The molecule has 62 valence electrons. The van der Waals surface area contributed by atoms with E-state index in [0.717, 1.165) is 0 Å². The van der Waals surface area contributed by atoms with Crippen LogP contribution >= 0.6 is 0 Å². The summed E-state index contributed by atoms with van der Waals surface area (Å²) in [4.78, 5) is 0. The third-order valence-corrected chi connectivity index (χ3v) is 3.89. The van der Waals surface area contributed by atoms with E-state index in [2.05, 4.69) is 20.8 Å². The Morgan fingerprint density at radius 3 is 2.40 bits per heavy atom. The summed E-state index contributed by atoms with van der Waals surface area (Å²) in [5.74, 6) is 0. The van der Waals surface area contributed by atoms with Crippen LogP contribution in [-0.4, -0.2) is 32.7 Å². The minimum absolute atomic E-state index is 0.434. The number of ether oxygens (including phenoxy) is 1. The Hall–Kier alpha value is 0.759. The van der Waals surface area contributed by atoms with Crippen molar-refractivity contribution in [3.8, 4) is 0 Å². The van der Waals surface area contributed by atoms with E-state index in [1.807, 2.05) is 0 Å². The molecule has 0 aromatic heterocycles. The standard InChI is InChI=1S/C8H17O.Sn.3H/c1-4-5-6-7-9-8(2)3;;;;/h7-8H,4-6H2,1-3H3;;;;. The molecule has 0 aliphatic carbocycles. The Kier molecular flexibility index (Phi) is 6.96. The van der Waals surface area contributed by atoms with Crippen LogP contribution < -0.4 is 0 Å². The van der Waals surface area contributed by atoms with Gasteiger partial charge in [0.15, 0.2) is 0 Å². The Balaban J connectivity index is 3.16. The number of unbranched alkanes of at least 4 members (excludes halogenated alkanes) is 1. The van der Waals surface area contributed by atoms with Crippen LogP contribution in [0.2, 0.25) is 0 Å². The molecule has 2 heteroatoms. The van der Waals surface area contributed by atoms with Crippen LogP contribution in [0.5, 0.6) is 0 Å². The van der Waals surface area contributed by atoms with Gasteiger partial charge in [0.1, 0.15) is 0 Å². The molecule has 0 saturated heterocycles. The van der Waals surface area contributed by atoms with Crippen LogP contribution in [0.1, 0.15) is 40.0 Å². The van der Waals surface area contributed by atoms with Crippen LogP contribution in [0, 0.1) is 0 Å². The first-order chi connectivity index (χ1) is 4.66. The van der Waals surface area contributed by atoms with E-state index in [4.69, 9.17) is 4.74 Å².